The van der Waals surface area contributed by atoms with Crippen molar-refractivity contribution in [3.8, 4) is 0 Å². The second kappa shape index (κ2) is 13.7. The zero-order valence-corrected chi connectivity index (χ0v) is 25.9. The van der Waals surface area contributed by atoms with Crippen LogP contribution in [-0.2, 0) is 5.16 Å². The molecule has 0 aliphatic rings. The van der Waals surface area contributed by atoms with Gasteiger partial charge in [-0.1, -0.05) is 144 Å². The summed E-state index contributed by atoms with van der Waals surface area (Å²) in [5, 5.41) is 2.51. The number of imidazole rings is 1. The first-order valence-corrected chi connectivity index (χ1v) is 15.9. The van der Waals surface area contributed by atoms with Crippen molar-refractivity contribution < 1.29 is 0 Å². The average molecular weight is 589 g/mol. The largest absolute Gasteiger partial charge is 0.326 e. The number of benzene rings is 5. The van der Waals surface area contributed by atoms with Gasteiger partial charge in [-0.3, -0.25) is 0 Å². The Morgan fingerprint density at radius 2 is 1.05 bits per heavy atom. The summed E-state index contributed by atoms with van der Waals surface area (Å²) in [6, 6.07) is 48.2. The van der Waals surface area contributed by atoms with Crippen LogP contribution in [0.5, 0.6) is 0 Å². The Balaban J connectivity index is 0.000000202. The van der Waals surface area contributed by atoms with Crippen LogP contribution in [0.2, 0.25) is 10.0 Å². The second-order valence-corrected chi connectivity index (χ2v) is 13.1. The molecule has 0 saturated heterocycles. The van der Waals surface area contributed by atoms with E-state index in [9.17, 15) is 0 Å². The van der Waals surface area contributed by atoms with Gasteiger partial charge in [0.05, 0.1) is 21.0 Å². The van der Waals surface area contributed by atoms with E-state index in [0.29, 0.717) is 5.82 Å². The normalized spacial score (nSPS) is 11.4. The average Bonchev–Trinajstić information content (AvgIpc) is 3.58. The van der Waals surface area contributed by atoms with E-state index in [4.69, 9.17) is 23.2 Å². The molecule has 0 saturated carbocycles. The van der Waals surface area contributed by atoms with Gasteiger partial charge in [-0.15, -0.1) is 0 Å². The van der Waals surface area contributed by atoms with Crippen molar-refractivity contribution >= 4 is 45.8 Å². The summed E-state index contributed by atoms with van der Waals surface area (Å²) >= 11 is 12.4. The zero-order valence-electron chi connectivity index (χ0n) is 22.9. The Morgan fingerprint density at radius 3 is 1.46 bits per heavy atom. The SMILES string of the molecule is BC(c1ccccc1)c1ccccc1.Clc1ccc(C([SiH2]c2ccccc2)(c2ccc(Cl)cc2)n2ccnc2)cc1. The Kier molecular flexibility index (Phi) is 9.58. The Morgan fingerprint density at radius 1 is 0.610 bits per heavy atom. The first-order valence-electron chi connectivity index (χ1n) is 13.7. The lowest BCUT2D eigenvalue weighted by Gasteiger charge is -2.37. The van der Waals surface area contributed by atoms with Crippen LogP contribution in [0.25, 0.3) is 0 Å². The van der Waals surface area contributed by atoms with Crippen molar-refractivity contribution in [2.75, 3.05) is 0 Å². The van der Waals surface area contributed by atoms with Gasteiger partial charge in [0.15, 0.2) is 0 Å². The zero-order chi connectivity index (χ0) is 28.5. The van der Waals surface area contributed by atoms with Crippen molar-refractivity contribution in [1.82, 2.24) is 9.55 Å². The van der Waals surface area contributed by atoms with Crippen LogP contribution in [-0.4, -0.2) is 26.9 Å². The summed E-state index contributed by atoms with van der Waals surface area (Å²) in [4.78, 5) is 4.35. The molecule has 0 bridgehead atoms. The highest BCUT2D eigenvalue weighted by atomic mass is 35.5. The summed E-state index contributed by atoms with van der Waals surface area (Å²) in [5.74, 6) is 0.484. The van der Waals surface area contributed by atoms with E-state index < -0.39 is 9.52 Å². The van der Waals surface area contributed by atoms with Gasteiger partial charge < -0.3 is 4.57 Å². The van der Waals surface area contributed by atoms with Gasteiger partial charge in [-0.25, -0.2) is 4.98 Å². The molecule has 41 heavy (non-hydrogen) atoms. The van der Waals surface area contributed by atoms with Gasteiger partial charge in [0.2, 0.25) is 0 Å². The maximum atomic E-state index is 6.19. The van der Waals surface area contributed by atoms with Gasteiger partial charge in [-0.05, 0) is 52.3 Å². The van der Waals surface area contributed by atoms with Crippen molar-refractivity contribution in [3.05, 3.63) is 191 Å². The van der Waals surface area contributed by atoms with E-state index in [2.05, 4.69) is 133 Å². The highest BCUT2D eigenvalue weighted by Crippen LogP contribution is 2.34. The summed E-state index contributed by atoms with van der Waals surface area (Å²) in [5.41, 5.74) is 5.14. The number of aromatic nitrogens is 2. The Labute approximate surface area is 255 Å². The molecule has 6 rings (SSSR count). The second-order valence-electron chi connectivity index (χ2n) is 10.0. The molecule has 0 N–H and O–H groups in total. The van der Waals surface area contributed by atoms with Crippen LogP contribution in [0.3, 0.4) is 0 Å². The fraction of sp³-hybridized carbons (Fsp3) is 0.0571. The van der Waals surface area contributed by atoms with E-state index in [1.165, 1.54) is 27.4 Å². The first kappa shape index (κ1) is 28.7. The Bertz CT molecular complexity index is 1530. The third kappa shape index (κ3) is 6.91. The third-order valence-electron chi connectivity index (χ3n) is 7.49. The summed E-state index contributed by atoms with van der Waals surface area (Å²) in [6.45, 7) is 0. The minimum atomic E-state index is -0.858. The predicted molar refractivity (Wildman–Crippen MR) is 179 cm³/mol. The van der Waals surface area contributed by atoms with Gasteiger partial charge in [-0.2, -0.15) is 0 Å². The number of hydrogen-bond acceptors (Lipinski definition) is 1. The Hall–Kier alpha value is -3.83. The minimum Gasteiger partial charge on any atom is -0.326 e. The molecule has 6 aromatic rings. The molecule has 0 spiro atoms. The molecule has 0 fully saturated rings. The molecular formula is C35H31BCl2N2Si. The molecule has 1 aromatic heterocycles. The van der Waals surface area contributed by atoms with E-state index in [1.807, 2.05) is 43.0 Å². The standard InChI is InChI=1S/C22H18Cl2N2Si.C13H13B/c23-19-10-6-17(7-11-19)22(26-15-14-25-16-26,18-8-12-20(24)13-9-18)27-21-4-2-1-3-5-21;14-13(11-7-3-1-4-8-11)12-9-5-2-6-10-12/h1-16H,27H2;1-10,13H,14H2. The molecule has 0 aliphatic carbocycles. The quantitative estimate of drug-likeness (QED) is 0.187. The van der Waals surface area contributed by atoms with Crippen LogP contribution >= 0.6 is 23.2 Å². The number of hydrogen-bond donors (Lipinski definition) is 0. The molecule has 202 valence electrons. The number of rotatable bonds is 7. The van der Waals surface area contributed by atoms with E-state index in [1.54, 1.807) is 0 Å². The molecule has 0 atom stereocenters. The highest BCUT2D eigenvalue weighted by molar-refractivity contribution is 6.57. The van der Waals surface area contributed by atoms with Gasteiger partial charge in [0, 0.05) is 22.4 Å². The minimum absolute atomic E-state index is 0.326. The van der Waals surface area contributed by atoms with Gasteiger partial charge in [0.25, 0.3) is 0 Å². The lowest BCUT2D eigenvalue weighted by atomic mass is 9.76. The monoisotopic (exact) mass is 588 g/mol. The van der Waals surface area contributed by atoms with E-state index >= 15 is 0 Å². The molecule has 0 amide bonds. The predicted octanol–water partition coefficient (Wildman–Crippen LogP) is 6.84. The molecule has 5 aromatic carbocycles. The lowest BCUT2D eigenvalue weighted by molar-refractivity contribution is 0.596. The maximum absolute atomic E-state index is 6.19. The summed E-state index contributed by atoms with van der Waals surface area (Å²) < 4.78 is 2.22. The molecular weight excluding hydrogens is 558 g/mol. The number of halogens is 2. The van der Waals surface area contributed by atoms with E-state index in [0.717, 1.165) is 10.0 Å². The van der Waals surface area contributed by atoms with Crippen LogP contribution in [0, 0.1) is 0 Å². The van der Waals surface area contributed by atoms with Crippen molar-refractivity contribution in [2.45, 2.75) is 11.0 Å². The summed E-state index contributed by atoms with van der Waals surface area (Å²) in [7, 11) is 1.38. The fourth-order valence-corrected chi connectivity index (χ4v) is 7.86. The lowest BCUT2D eigenvalue weighted by Crippen LogP contribution is -2.46. The van der Waals surface area contributed by atoms with Gasteiger partial charge in [0.1, 0.15) is 7.85 Å². The topological polar surface area (TPSA) is 17.8 Å². The fourth-order valence-electron chi connectivity index (χ4n) is 5.26. The van der Waals surface area contributed by atoms with Crippen molar-refractivity contribution in [3.63, 3.8) is 0 Å². The maximum Gasteiger partial charge on any atom is 0.116 e. The van der Waals surface area contributed by atoms with E-state index in [-0.39, 0.29) is 5.16 Å². The molecule has 1 heterocycles. The smallest absolute Gasteiger partial charge is 0.116 e. The molecule has 0 aliphatic heterocycles. The summed E-state index contributed by atoms with van der Waals surface area (Å²) in [6.07, 6.45) is 5.78. The molecule has 0 unspecified atom stereocenters. The van der Waals surface area contributed by atoms with Gasteiger partial charge >= 0.3 is 0 Å². The van der Waals surface area contributed by atoms with Crippen LogP contribution in [0.15, 0.2) is 158 Å². The highest BCUT2D eigenvalue weighted by Gasteiger charge is 2.36. The number of nitrogens with zero attached hydrogens (tertiary/aromatic N) is 2. The molecule has 2 nitrogen and oxygen atoms in total. The van der Waals surface area contributed by atoms with Crippen LogP contribution in [0.1, 0.15) is 28.1 Å². The van der Waals surface area contributed by atoms with Crippen molar-refractivity contribution in [1.29, 1.82) is 0 Å². The third-order valence-corrected chi connectivity index (χ3v) is 10.6. The van der Waals surface area contributed by atoms with Crippen LogP contribution in [0.4, 0.5) is 0 Å². The molecule has 6 heteroatoms. The van der Waals surface area contributed by atoms with Crippen LogP contribution < -0.4 is 5.19 Å². The molecule has 0 radical (unpaired) electrons. The van der Waals surface area contributed by atoms with Crippen molar-refractivity contribution in [2.24, 2.45) is 0 Å². The first-order chi connectivity index (χ1) is 20.1.